The van der Waals surface area contributed by atoms with Crippen molar-refractivity contribution in [3.05, 3.63) is 72.3 Å². The van der Waals surface area contributed by atoms with Crippen LogP contribution in [0.25, 0.3) is 6.08 Å². The molecule has 0 unspecified atom stereocenters. The normalized spacial score (nSPS) is 13.6. The van der Waals surface area contributed by atoms with Gasteiger partial charge in [-0.05, 0) is 41.5 Å². The smallest absolute Gasteiger partial charge is 0.244 e. The van der Waals surface area contributed by atoms with Gasteiger partial charge in [0.15, 0.2) is 11.5 Å². The summed E-state index contributed by atoms with van der Waals surface area (Å²) in [6.45, 7) is 6.25. The van der Waals surface area contributed by atoms with E-state index in [1.807, 2.05) is 41.3 Å². The van der Waals surface area contributed by atoms with Crippen LogP contribution >= 0.6 is 0 Å². The molecule has 0 aliphatic carbocycles. The van der Waals surface area contributed by atoms with E-state index in [0.29, 0.717) is 37.7 Å². The molecule has 1 aliphatic rings. The van der Waals surface area contributed by atoms with E-state index in [2.05, 4.69) is 17.2 Å². The molecule has 0 saturated carbocycles. The van der Waals surface area contributed by atoms with E-state index in [4.69, 9.17) is 9.47 Å². The Balaban J connectivity index is 1.52. The number of anilines is 1. The third-order valence-corrected chi connectivity index (χ3v) is 4.78. The molecule has 2 N–H and O–H groups in total. The van der Waals surface area contributed by atoms with Crippen LogP contribution in [0.5, 0.6) is 11.5 Å². The maximum atomic E-state index is 12.2. The number of hydrogen-bond acceptors (Lipinski definition) is 5. The highest BCUT2D eigenvalue weighted by molar-refractivity contribution is 5.91. The van der Waals surface area contributed by atoms with Crippen molar-refractivity contribution in [2.45, 2.75) is 6.54 Å². The van der Waals surface area contributed by atoms with Crippen molar-refractivity contribution in [1.29, 1.82) is 0 Å². The van der Waals surface area contributed by atoms with Crippen LogP contribution in [0.3, 0.4) is 0 Å². The molecule has 0 aromatic heterocycles. The number of ether oxygens (including phenoxy) is 2. The Hall–Kier alpha value is -3.74. The number of rotatable bonds is 9. The van der Waals surface area contributed by atoms with E-state index >= 15 is 0 Å². The minimum Gasteiger partial charge on any atom is -0.493 e. The molecule has 7 nitrogen and oxygen atoms in total. The topological polar surface area (TPSA) is 79.9 Å². The summed E-state index contributed by atoms with van der Waals surface area (Å²) in [6, 6.07) is 13.3. The van der Waals surface area contributed by atoms with Crippen LogP contribution in [0, 0.1) is 0 Å². The van der Waals surface area contributed by atoms with Crippen molar-refractivity contribution in [1.82, 2.24) is 10.6 Å². The molecule has 1 aliphatic heterocycles. The molecule has 2 aromatic carbocycles. The monoisotopic (exact) mass is 421 g/mol. The predicted octanol–water partition coefficient (Wildman–Crippen LogP) is 2.53. The Morgan fingerprint density at radius 3 is 2.74 bits per heavy atom. The molecule has 1 fully saturated rings. The lowest BCUT2D eigenvalue weighted by molar-refractivity contribution is -0.120. The fourth-order valence-corrected chi connectivity index (χ4v) is 3.16. The molecule has 0 bridgehead atoms. The second kappa shape index (κ2) is 10.9. The molecule has 162 valence electrons. The van der Waals surface area contributed by atoms with Gasteiger partial charge in [0.05, 0.1) is 13.7 Å². The maximum Gasteiger partial charge on any atom is 0.244 e. The molecule has 0 atom stereocenters. The molecular formula is C24H27N3O4. The second-order valence-corrected chi connectivity index (χ2v) is 7.00. The average molecular weight is 421 g/mol. The van der Waals surface area contributed by atoms with E-state index in [1.54, 1.807) is 25.3 Å². The molecule has 0 spiro atoms. The number of nitrogens with one attached hydrogen (secondary N) is 2. The van der Waals surface area contributed by atoms with Crippen LogP contribution in [-0.4, -0.2) is 45.2 Å². The minimum atomic E-state index is -0.192. The largest absolute Gasteiger partial charge is 0.493 e. The summed E-state index contributed by atoms with van der Waals surface area (Å²) in [7, 11) is 1.57. The summed E-state index contributed by atoms with van der Waals surface area (Å²) >= 11 is 0. The SMILES string of the molecule is C=CCOc1ccc(/C=C/C(=O)NCc2ccc(N3CCNC(=O)C3)cc2)cc1OC. The van der Waals surface area contributed by atoms with Crippen LogP contribution in [0.2, 0.25) is 0 Å². The molecular weight excluding hydrogens is 394 g/mol. The Bertz CT molecular complexity index is 954. The van der Waals surface area contributed by atoms with E-state index in [-0.39, 0.29) is 11.8 Å². The Morgan fingerprint density at radius 1 is 1.23 bits per heavy atom. The lowest BCUT2D eigenvalue weighted by Gasteiger charge is -2.28. The number of piperazine rings is 1. The van der Waals surface area contributed by atoms with Crippen molar-refractivity contribution in [2.75, 3.05) is 38.3 Å². The first-order valence-electron chi connectivity index (χ1n) is 10.1. The van der Waals surface area contributed by atoms with E-state index in [1.165, 1.54) is 6.08 Å². The van der Waals surface area contributed by atoms with Gasteiger partial charge in [0.1, 0.15) is 6.61 Å². The number of methoxy groups -OCH3 is 1. The summed E-state index contributed by atoms with van der Waals surface area (Å²) in [5.74, 6) is 1.06. The van der Waals surface area contributed by atoms with Gasteiger partial charge in [0.25, 0.3) is 0 Å². The quantitative estimate of drug-likeness (QED) is 0.481. The van der Waals surface area contributed by atoms with Gasteiger partial charge in [-0.3, -0.25) is 9.59 Å². The lowest BCUT2D eigenvalue weighted by atomic mass is 10.1. The fraction of sp³-hybridized carbons (Fsp3) is 0.250. The van der Waals surface area contributed by atoms with Gasteiger partial charge in [0.2, 0.25) is 11.8 Å². The fourth-order valence-electron chi connectivity index (χ4n) is 3.16. The summed E-state index contributed by atoms with van der Waals surface area (Å²) in [4.78, 5) is 25.7. The molecule has 7 heteroatoms. The first-order valence-corrected chi connectivity index (χ1v) is 10.1. The van der Waals surface area contributed by atoms with Crippen molar-refractivity contribution in [3.63, 3.8) is 0 Å². The second-order valence-electron chi connectivity index (χ2n) is 7.00. The zero-order chi connectivity index (χ0) is 22.1. The number of carbonyl (C=O) groups is 2. The van der Waals surface area contributed by atoms with Crippen molar-refractivity contribution in [3.8, 4) is 11.5 Å². The number of nitrogens with zero attached hydrogens (tertiary/aromatic N) is 1. The van der Waals surface area contributed by atoms with Crippen LogP contribution in [-0.2, 0) is 16.1 Å². The predicted molar refractivity (Wildman–Crippen MR) is 121 cm³/mol. The van der Waals surface area contributed by atoms with Crippen molar-refractivity contribution in [2.24, 2.45) is 0 Å². The van der Waals surface area contributed by atoms with Gasteiger partial charge in [0, 0.05) is 31.4 Å². The molecule has 3 rings (SSSR count). The summed E-state index contributed by atoms with van der Waals surface area (Å²) in [5, 5.41) is 5.69. The van der Waals surface area contributed by atoms with E-state index in [9.17, 15) is 9.59 Å². The Kier molecular flexibility index (Phi) is 7.70. The van der Waals surface area contributed by atoms with Gasteiger partial charge >= 0.3 is 0 Å². The van der Waals surface area contributed by atoms with Gasteiger partial charge in [-0.1, -0.05) is 30.9 Å². The van der Waals surface area contributed by atoms with Crippen LogP contribution in [0.15, 0.2) is 61.2 Å². The highest BCUT2D eigenvalue weighted by Crippen LogP contribution is 2.28. The number of benzene rings is 2. The summed E-state index contributed by atoms with van der Waals surface area (Å²) in [5.41, 5.74) is 2.81. The molecule has 1 saturated heterocycles. The van der Waals surface area contributed by atoms with Crippen LogP contribution < -0.4 is 25.0 Å². The summed E-state index contributed by atoms with van der Waals surface area (Å²) < 4.78 is 10.9. The van der Waals surface area contributed by atoms with Gasteiger partial charge in [-0.15, -0.1) is 0 Å². The van der Waals surface area contributed by atoms with Crippen molar-refractivity contribution < 1.29 is 19.1 Å². The highest BCUT2D eigenvalue weighted by atomic mass is 16.5. The first-order chi connectivity index (χ1) is 15.1. The van der Waals surface area contributed by atoms with Gasteiger partial charge < -0.3 is 25.0 Å². The lowest BCUT2D eigenvalue weighted by Crippen LogP contribution is -2.47. The molecule has 1 heterocycles. The molecule has 2 aromatic rings. The first kappa shape index (κ1) is 22.0. The van der Waals surface area contributed by atoms with Crippen LogP contribution in [0.1, 0.15) is 11.1 Å². The average Bonchev–Trinajstić information content (AvgIpc) is 2.80. The molecule has 31 heavy (non-hydrogen) atoms. The zero-order valence-corrected chi connectivity index (χ0v) is 17.6. The number of carbonyl (C=O) groups excluding carboxylic acids is 2. The maximum absolute atomic E-state index is 12.2. The molecule has 0 radical (unpaired) electrons. The third-order valence-electron chi connectivity index (χ3n) is 4.78. The van der Waals surface area contributed by atoms with E-state index < -0.39 is 0 Å². The highest BCUT2D eigenvalue weighted by Gasteiger charge is 2.16. The number of amides is 2. The van der Waals surface area contributed by atoms with E-state index in [0.717, 1.165) is 23.4 Å². The third kappa shape index (κ3) is 6.37. The van der Waals surface area contributed by atoms with Gasteiger partial charge in [-0.2, -0.15) is 0 Å². The summed E-state index contributed by atoms with van der Waals surface area (Å²) in [6.07, 6.45) is 4.87. The molecule has 2 amide bonds. The number of hydrogen-bond donors (Lipinski definition) is 2. The Morgan fingerprint density at radius 2 is 2.03 bits per heavy atom. The van der Waals surface area contributed by atoms with Crippen molar-refractivity contribution >= 4 is 23.6 Å². The van der Waals surface area contributed by atoms with Crippen LogP contribution in [0.4, 0.5) is 5.69 Å². The standard InChI is InChI=1S/C24H27N3O4/c1-3-14-31-21-10-6-18(15-22(21)30-2)7-11-23(28)26-16-19-4-8-20(9-5-19)27-13-12-25-24(29)17-27/h3-11,15H,1,12-14,16-17H2,2H3,(H,25,29)(H,26,28)/b11-7+. The Labute approximate surface area is 182 Å². The van der Waals surface area contributed by atoms with Gasteiger partial charge in [-0.25, -0.2) is 0 Å². The zero-order valence-electron chi connectivity index (χ0n) is 17.6. The minimum absolute atomic E-state index is 0.0333.